The van der Waals surface area contributed by atoms with Gasteiger partial charge in [0.05, 0.1) is 24.3 Å². The van der Waals surface area contributed by atoms with Crippen LogP contribution in [0.1, 0.15) is 57.1 Å². The van der Waals surface area contributed by atoms with Crippen molar-refractivity contribution in [3.05, 3.63) is 35.4 Å². The van der Waals surface area contributed by atoms with Crippen molar-refractivity contribution < 1.29 is 19.5 Å². The average molecular weight is 396 g/mol. The number of carbonyl (C=O) groups is 3. The van der Waals surface area contributed by atoms with Crippen LogP contribution < -0.4 is 0 Å². The first-order valence-electron chi connectivity index (χ1n) is 10.3. The van der Waals surface area contributed by atoms with Gasteiger partial charge in [-0.05, 0) is 48.8 Å². The lowest BCUT2D eigenvalue weighted by Gasteiger charge is -2.36. The molecule has 2 amide bonds. The van der Waals surface area contributed by atoms with Crippen LogP contribution in [0.2, 0.25) is 0 Å². The molecule has 2 fully saturated rings. The van der Waals surface area contributed by atoms with Crippen LogP contribution in [0.3, 0.4) is 0 Å². The number of aliphatic hydroxyl groups is 1. The van der Waals surface area contributed by atoms with Crippen LogP contribution in [-0.4, -0.2) is 33.7 Å². The van der Waals surface area contributed by atoms with Crippen molar-refractivity contribution in [3.63, 3.8) is 0 Å². The number of nitrogens with zero attached hydrogens (tertiary/aromatic N) is 2. The van der Waals surface area contributed by atoms with Crippen LogP contribution in [-0.2, 0) is 20.9 Å². The summed E-state index contributed by atoms with van der Waals surface area (Å²) in [6, 6.07) is 8.85. The van der Waals surface area contributed by atoms with Crippen LogP contribution in [0, 0.1) is 35.0 Å². The lowest BCUT2D eigenvalue weighted by atomic mass is 9.71. The highest BCUT2D eigenvalue weighted by atomic mass is 16.3. The Morgan fingerprint density at radius 2 is 1.72 bits per heavy atom. The molecule has 1 aliphatic heterocycles. The van der Waals surface area contributed by atoms with E-state index in [1.165, 1.54) is 4.90 Å². The Bertz CT molecular complexity index is 808. The van der Waals surface area contributed by atoms with Crippen LogP contribution in [0.25, 0.3) is 0 Å². The quantitative estimate of drug-likeness (QED) is 0.772. The van der Waals surface area contributed by atoms with Crippen molar-refractivity contribution in [1.29, 1.82) is 5.26 Å². The van der Waals surface area contributed by atoms with E-state index in [1.807, 2.05) is 13.0 Å². The van der Waals surface area contributed by atoms with E-state index in [4.69, 9.17) is 5.26 Å². The second-order valence-electron chi connectivity index (χ2n) is 8.75. The number of likely N-dealkylation sites (tertiary alicyclic amines) is 1. The van der Waals surface area contributed by atoms with E-state index in [0.29, 0.717) is 24.3 Å². The van der Waals surface area contributed by atoms with E-state index in [2.05, 4.69) is 6.92 Å². The summed E-state index contributed by atoms with van der Waals surface area (Å²) in [6.45, 7) is 4.19. The van der Waals surface area contributed by atoms with Gasteiger partial charge in [0.15, 0.2) is 0 Å². The van der Waals surface area contributed by atoms with E-state index >= 15 is 0 Å². The Balaban J connectivity index is 1.59. The maximum absolute atomic E-state index is 12.6. The molecule has 6 nitrogen and oxygen atoms in total. The Kier molecular flexibility index (Phi) is 6.49. The van der Waals surface area contributed by atoms with Gasteiger partial charge in [-0.2, -0.15) is 5.26 Å². The SMILES string of the molecule is CC1CC(C)C(=O)C(C(O)CC2CC(=O)N(Cc3ccc(C#N)cc3)C(=O)C2)C1. The zero-order valence-electron chi connectivity index (χ0n) is 17.0. The molecule has 1 aromatic rings. The molecule has 6 heteroatoms. The zero-order chi connectivity index (χ0) is 21.1. The summed E-state index contributed by atoms with van der Waals surface area (Å²) in [4.78, 5) is 38.9. The number of rotatable bonds is 5. The van der Waals surface area contributed by atoms with Gasteiger partial charge in [-0.1, -0.05) is 26.0 Å². The summed E-state index contributed by atoms with van der Waals surface area (Å²) >= 11 is 0. The summed E-state index contributed by atoms with van der Waals surface area (Å²) in [6.07, 6.45) is 1.42. The minimum atomic E-state index is -0.802. The molecule has 1 aromatic carbocycles. The fourth-order valence-electron chi connectivity index (χ4n) is 4.72. The molecule has 1 saturated heterocycles. The number of carbonyl (C=O) groups excluding carboxylic acids is 3. The van der Waals surface area contributed by atoms with Gasteiger partial charge in [-0.25, -0.2) is 0 Å². The van der Waals surface area contributed by atoms with Gasteiger partial charge >= 0.3 is 0 Å². The van der Waals surface area contributed by atoms with Crippen LogP contribution in [0.5, 0.6) is 0 Å². The molecular weight excluding hydrogens is 368 g/mol. The van der Waals surface area contributed by atoms with Crippen molar-refractivity contribution in [3.8, 4) is 6.07 Å². The van der Waals surface area contributed by atoms with Crippen molar-refractivity contribution >= 4 is 17.6 Å². The van der Waals surface area contributed by atoms with E-state index in [9.17, 15) is 19.5 Å². The van der Waals surface area contributed by atoms with Gasteiger partial charge in [0, 0.05) is 24.7 Å². The fraction of sp³-hybridized carbons (Fsp3) is 0.565. The van der Waals surface area contributed by atoms with Gasteiger partial charge in [0.25, 0.3) is 0 Å². The monoisotopic (exact) mass is 396 g/mol. The maximum atomic E-state index is 12.6. The summed E-state index contributed by atoms with van der Waals surface area (Å²) < 4.78 is 0. The number of piperidine rings is 1. The standard InChI is InChI=1S/C23H28N2O4/c1-14-7-15(2)23(29)19(8-14)20(26)9-18-10-21(27)25(22(28)11-18)13-17-5-3-16(12-24)4-6-17/h3-6,14-15,18-20,26H,7-11,13H2,1-2H3. The smallest absolute Gasteiger partial charge is 0.229 e. The Morgan fingerprint density at radius 3 is 2.31 bits per heavy atom. The second kappa shape index (κ2) is 8.87. The molecule has 4 atom stereocenters. The third-order valence-electron chi connectivity index (χ3n) is 6.26. The van der Waals surface area contributed by atoms with Crippen LogP contribution >= 0.6 is 0 Å². The first-order valence-corrected chi connectivity index (χ1v) is 10.3. The fourth-order valence-corrected chi connectivity index (χ4v) is 4.72. The Hall–Kier alpha value is -2.52. The summed E-state index contributed by atoms with van der Waals surface area (Å²) in [5.74, 6) is -0.681. The molecule has 2 aliphatic rings. The molecule has 4 unspecified atom stereocenters. The van der Waals surface area contributed by atoms with E-state index in [-0.39, 0.29) is 48.8 Å². The largest absolute Gasteiger partial charge is 0.392 e. The number of aliphatic hydroxyl groups excluding tert-OH is 1. The number of amides is 2. The molecule has 1 N–H and O–H groups in total. The molecule has 3 rings (SSSR count). The van der Waals surface area contributed by atoms with Gasteiger partial charge in [0.1, 0.15) is 5.78 Å². The summed E-state index contributed by atoms with van der Waals surface area (Å²) in [5.41, 5.74) is 1.32. The zero-order valence-corrected chi connectivity index (χ0v) is 17.0. The third-order valence-corrected chi connectivity index (χ3v) is 6.26. The number of hydrogen-bond donors (Lipinski definition) is 1. The number of hydrogen-bond acceptors (Lipinski definition) is 5. The van der Waals surface area contributed by atoms with Crippen molar-refractivity contribution in [1.82, 2.24) is 4.90 Å². The molecule has 0 radical (unpaired) electrons. The molecule has 0 spiro atoms. The molecule has 1 aliphatic carbocycles. The van der Waals surface area contributed by atoms with Crippen molar-refractivity contribution in [2.75, 3.05) is 0 Å². The third kappa shape index (κ3) is 4.91. The highest BCUT2D eigenvalue weighted by Crippen LogP contribution is 2.35. The summed E-state index contributed by atoms with van der Waals surface area (Å²) in [5, 5.41) is 19.5. The average Bonchev–Trinajstić information content (AvgIpc) is 2.68. The van der Waals surface area contributed by atoms with E-state index in [1.54, 1.807) is 24.3 Å². The van der Waals surface area contributed by atoms with Crippen LogP contribution in [0.4, 0.5) is 0 Å². The normalized spacial score (nSPS) is 27.0. The van der Waals surface area contributed by atoms with Crippen molar-refractivity contribution in [2.45, 2.75) is 58.6 Å². The maximum Gasteiger partial charge on any atom is 0.229 e. The number of benzene rings is 1. The molecule has 154 valence electrons. The lowest BCUT2D eigenvalue weighted by molar-refractivity contribution is -0.151. The molecule has 1 heterocycles. The predicted molar refractivity (Wildman–Crippen MR) is 106 cm³/mol. The minimum absolute atomic E-state index is 0.0454. The second-order valence-corrected chi connectivity index (χ2v) is 8.75. The Labute approximate surface area is 171 Å². The first kappa shape index (κ1) is 21.2. The number of ketones is 1. The molecular formula is C23H28N2O4. The molecule has 1 saturated carbocycles. The van der Waals surface area contributed by atoms with Gasteiger partial charge in [-0.3, -0.25) is 19.3 Å². The molecule has 0 aromatic heterocycles. The first-order chi connectivity index (χ1) is 13.8. The molecule has 0 bridgehead atoms. The van der Waals surface area contributed by atoms with Crippen LogP contribution in [0.15, 0.2) is 24.3 Å². The lowest BCUT2D eigenvalue weighted by Crippen LogP contribution is -2.44. The van der Waals surface area contributed by atoms with Gasteiger partial charge in [-0.15, -0.1) is 0 Å². The highest BCUT2D eigenvalue weighted by molar-refractivity contribution is 5.97. The van der Waals surface area contributed by atoms with Crippen molar-refractivity contribution in [2.24, 2.45) is 23.7 Å². The number of Topliss-reactive ketones (excluding diaryl/α,β-unsaturated/α-hetero) is 1. The molecule has 29 heavy (non-hydrogen) atoms. The number of nitriles is 1. The minimum Gasteiger partial charge on any atom is -0.392 e. The number of imide groups is 1. The van der Waals surface area contributed by atoms with Gasteiger partial charge in [0.2, 0.25) is 11.8 Å². The Morgan fingerprint density at radius 1 is 1.10 bits per heavy atom. The summed E-state index contributed by atoms with van der Waals surface area (Å²) in [7, 11) is 0. The van der Waals surface area contributed by atoms with Gasteiger partial charge < -0.3 is 5.11 Å². The topological polar surface area (TPSA) is 98.5 Å². The van der Waals surface area contributed by atoms with E-state index in [0.717, 1.165) is 12.0 Å². The van der Waals surface area contributed by atoms with E-state index < -0.39 is 12.0 Å². The predicted octanol–water partition coefficient (Wildman–Crippen LogP) is 2.83. The highest BCUT2D eigenvalue weighted by Gasteiger charge is 2.39.